The van der Waals surface area contributed by atoms with Crippen LogP contribution in [0.5, 0.6) is 0 Å². The zero-order valence-corrected chi connectivity index (χ0v) is 18.3. The Kier molecular flexibility index (Phi) is 7.37. The number of hydrogen-bond acceptors (Lipinski definition) is 5. The molecule has 0 bridgehead atoms. The summed E-state index contributed by atoms with van der Waals surface area (Å²) < 4.78 is 2.03. The molecule has 1 fully saturated rings. The molecule has 1 atom stereocenters. The van der Waals surface area contributed by atoms with Crippen LogP contribution in [0.2, 0.25) is 5.02 Å². The highest BCUT2D eigenvalue weighted by Crippen LogP contribution is 2.28. The standard InChI is InChI=1S/C20H28ClN5OS/c1-15(24(2)3)19-22-23-20(26(19)17-10-8-16(21)9-11-17)28-14-18(27)25-12-6-4-5-7-13-25/h8-11,15H,4-7,12-14H2,1-3H3/t15-/m1/s1. The molecule has 1 aromatic carbocycles. The number of carbonyl (C=O) groups excluding carboxylic acids is 1. The van der Waals surface area contributed by atoms with Crippen molar-refractivity contribution in [3.63, 3.8) is 0 Å². The van der Waals surface area contributed by atoms with Gasteiger partial charge in [-0.05, 0) is 58.1 Å². The minimum Gasteiger partial charge on any atom is -0.342 e. The number of benzene rings is 1. The van der Waals surface area contributed by atoms with Crippen molar-refractivity contribution in [2.75, 3.05) is 32.9 Å². The summed E-state index contributed by atoms with van der Waals surface area (Å²) in [7, 11) is 4.03. The van der Waals surface area contributed by atoms with Gasteiger partial charge in [0.1, 0.15) is 0 Å². The molecule has 8 heteroatoms. The largest absolute Gasteiger partial charge is 0.342 e. The molecule has 2 aromatic rings. The first-order valence-corrected chi connectivity index (χ1v) is 11.1. The molecule has 6 nitrogen and oxygen atoms in total. The summed E-state index contributed by atoms with van der Waals surface area (Å²) in [6.07, 6.45) is 4.63. The van der Waals surface area contributed by atoms with Crippen LogP contribution in [0.25, 0.3) is 5.69 Å². The molecule has 152 valence electrons. The lowest BCUT2D eigenvalue weighted by Gasteiger charge is -2.21. The van der Waals surface area contributed by atoms with E-state index in [9.17, 15) is 4.79 Å². The Hall–Kier alpha value is -1.57. The van der Waals surface area contributed by atoms with E-state index in [1.807, 2.05) is 47.8 Å². The van der Waals surface area contributed by atoms with Crippen LogP contribution in [-0.4, -0.2) is 63.4 Å². The normalized spacial score (nSPS) is 16.2. The predicted octanol–water partition coefficient (Wildman–Crippen LogP) is 4.04. The molecule has 28 heavy (non-hydrogen) atoms. The van der Waals surface area contributed by atoms with Crippen molar-refractivity contribution in [1.29, 1.82) is 0 Å². The number of amides is 1. The minimum atomic E-state index is 0.0823. The number of rotatable bonds is 6. The van der Waals surface area contributed by atoms with E-state index in [2.05, 4.69) is 22.0 Å². The summed E-state index contributed by atoms with van der Waals surface area (Å²) in [5, 5.41) is 10.2. The minimum absolute atomic E-state index is 0.0823. The van der Waals surface area contributed by atoms with Gasteiger partial charge in [0.15, 0.2) is 11.0 Å². The van der Waals surface area contributed by atoms with E-state index >= 15 is 0 Å². The molecule has 1 amide bonds. The number of nitrogens with zero attached hydrogens (tertiary/aromatic N) is 5. The van der Waals surface area contributed by atoms with E-state index in [0.29, 0.717) is 10.8 Å². The van der Waals surface area contributed by atoms with Crippen molar-refractivity contribution >= 4 is 29.3 Å². The first-order valence-electron chi connectivity index (χ1n) is 9.75. The molecule has 1 aliphatic heterocycles. The summed E-state index contributed by atoms with van der Waals surface area (Å²) in [4.78, 5) is 16.8. The fourth-order valence-electron chi connectivity index (χ4n) is 3.25. The average molecular weight is 422 g/mol. The zero-order chi connectivity index (χ0) is 20.1. The van der Waals surface area contributed by atoms with Crippen LogP contribution < -0.4 is 0 Å². The van der Waals surface area contributed by atoms with Gasteiger partial charge in [-0.15, -0.1) is 10.2 Å². The Balaban J connectivity index is 1.82. The van der Waals surface area contributed by atoms with Crippen molar-refractivity contribution < 1.29 is 4.79 Å². The molecule has 1 aliphatic rings. The Labute approximate surface area is 176 Å². The van der Waals surface area contributed by atoms with Crippen LogP contribution in [0.1, 0.15) is 44.5 Å². The second-order valence-corrected chi connectivity index (χ2v) is 8.75. The highest BCUT2D eigenvalue weighted by Gasteiger charge is 2.23. The van der Waals surface area contributed by atoms with Gasteiger partial charge in [0.05, 0.1) is 11.8 Å². The first-order chi connectivity index (χ1) is 13.5. The Morgan fingerprint density at radius 3 is 2.39 bits per heavy atom. The van der Waals surface area contributed by atoms with E-state index in [-0.39, 0.29) is 11.9 Å². The number of hydrogen-bond donors (Lipinski definition) is 0. The van der Waals surface area contributed by atoms with Gasteiger partial charge in [0, 0.05) is 23.8 Å². The maximum Gasteiger partial charge on any atom is 0.233 e. The van der Waals surface area contributed by atoms with Crippen LogP contribution in [-0.2, 0) is 4.79 Å². The number of carbonyl (C=O) groups is 1. The second-order valence-electron chi connectivity index (χ2n) is 7.38. The van der Waals surface area contributed by atoms with Gasteiger partial charge in [-0.1, -0.05) is 36.2 Å². The van der Waals surface area contributed by atoms with Crippen molar-refractivity contribution in [2.45, 2.75) is 43.8 Å². The lowest BCUT2D eigenvalue weighted by molar-refractivity contribution is -0.128. The average Bonchev–Trinajstić information content (AvgIpc) is 2.91. The quantitative estimate of drug-likeness (QED) is 0.659. The highest BCUT2D eigenvalue weighted by molar-refractivity contribution is 7.99. The first kappa shape index (κ1) is 21.1. The van der Waals surface area contributed by atoms with Crippen molar-refractivity contribution in [2.24, 2.45) is 0 Å². The summed E-state index contributed by atoms with van der Waals surface area (Å²) in [5.41, 5.74) is 0.947. The van der Waals surface area contributed by atoms with Crippen molar-refractivity contribution in [3.8, 4) is 5.69 Å². The third-order valence-electron chi connectivity index (χ3n) is 5.17. The third kappa shape index (κ3) is 5.07. The molecule has 0 unspecified atom stereocenters. The SMILES string of the molecule is C[C@H](c1nnc(SCC(=O)N2CCCCCC2)n1-c1ccc(Cl)cc1)N(C)C. The third-order valence-corrected chi connectivity index (χ3v) is 6.34. The molecule has 0 saturated carbocycles. The second kappa shape index (κ2) is 9.76. The van der Waals surface area contributed by atoms with E-state index in [4.69, 9.17) is 11.6 Å². The van der Waals surface area contributed by atoms with Gasteiger partial charge in [0.2, 0.25) is 5.91 Å². The van der Waals surface area contributed by atoms with Crippen molar-refractivity contribution in [3.05, 3.63) is 35.1 Å². The molecular formula is C20H28ClN5OS. The molecule has 0 N–H and O–H groups in total. The van der Waals surface area contributed by atoms with Crippen LogP contribution in [0.4, 0.5) is 0 Å². The Bertz CT molecular complexity index is 784. The number of thioether (sulfide) groups is 1. The lowest BCUT2D eigenvalue weighted by atomic mass is 10.2. The summed E-state index contributed by atoms with van der Waals surface area (Å²) >= 11 is 7.51. The molecule has 0 spiro atoms. The Morgan fingerprint density at radius 2 is 1.79 bits per heavy atom. The number of aromatic nitrogens is 3. The molecule has 3 rings (SSSR count). The van der Waals surface area contributed by atoms with Crippen molar-refractivity contribution in [1.82, 2.24) is 24.6 Å². The molecule has 2 heterocycles. The fraction of sp³-hybridized carbons (Fsp3) is 0.550. The van der Waals surface area contributed by atoms with E-state index in [0.717, 1.165) is 42.6 Å². The number of halogens is 1. The van der Waals surface area contributed by atoms with Gasteiger partial charge in [-0.3, -0.25) is 14.3 Å². The summed E-state index contributed by atoms with van der Waals surface area (Å²) in [5.74, 6) is 1.40. The van der Waals surface area contributed by atoms with Gasteiger partial charge in [-0.2, -0.15) is 0 Å². The predicted molar refractivity (Wildman–Crippen MR) is 114 cm³/mol. The Morgan fingerprint density at radius 1 is 1.14 bits per heavy atom. The van der Waals surface area contributed by atoms with E-state index in [1.165, 1.54) is 24.6 Å². The van der Waals surface area contributed by atoms with Crippen LogP contribution in [0.3, 0.4) is 0 Å². The molecule has 1 saturated heterocycles. The van der Waals surface area contributed by atoms with Crippen LogP contribution in [0.15, 0.2) is 29.4 Å². The summed E-state index contributed by atoms with van der Waals surface area (Å²) in [6.45, 7) is 3.83. The van der Waals surface area contributed by atoms with Gasteiger partial charge in [0.25, 0.3) is 0 Å². The van der Waals surface area contributed by atoms with E-state index < -0.39 is 0 Å². The summed E-state index contributed by atoms with van der Waals surface area (Å²) in [6, 6.07) is 7.71. The monoisotopic (exact) mass is 421 g/mol. The molecule has 0 radical (unpaired) electrons. The van der Waals surface area contributed by atoms with Gasteiger partial charge < -0.3 is 4.90 Å². The number of likely N-dealkylation sites (tertiary alicyclic amines) is 1. The van der Waals surface area contributed by atoms with Gasteiger partial charge in [-0.25, -0.2) is 0 Å². The van der Waals surface area contributed by atoms with Gasteiger partial charge >= 0.3 is 0 Å². The smallest absolute Gasteiger partial charge is 0.233 e. The fourth-order valence-corrected chi connectivity index (χ4v) is 4.23. The zero-order valence-electron chi connectivity index (χ0n) is 16.8. The van der Waals surface area contributed by atoms with Crippen LogP contribution >= 0.6 is 23.4 Å². The molecule has 1 aromatic heterocycles. The maximum atomic E-state index is 12.7. The van der Waals surface area contributed by atoms with Crippen LogP contribution in [0, 0.1) is 0 Å². The molecular weight excluding hydrogens is 394 g/mol. The highest BCUT2D eigenvalue weighted by atomic mass is 35.5. The maximum absolute atomic E-state index is 12.7. The topological polar surface area (TPSA) is 54.3 Å². The van der Waals surface area contributed by atoms with E-state index in [1.54, 1.807) is 0 Å². The lowest BCUT2D eigenvalue weighted by Crippen LogP contribution is -2.33. The molecule has 0 aliphatic carbocycles.